The van der Waals surface area contributed by atoms with Gasteiger partial charge in [-0.2, -0.15) is 23.5 Å². The van der Waals surface area contributed by atoms with E-state index in [1.165, 1.54) is 49.2 Å². The molecule has 110 heavy (non-hydrogen) atoms. The van der Waals surface area contributed by atoms with Crippen LogP contribution in [0.2, 0.25) is 0 Å². The normalized spacial score (nSPS) is 34.5. The second kappa shape index (κ2) is 41.8. The highest BCUT2D eigenvalue weighted by atomic mass is 32.2. The molecule has 12 amide bonds. The summed E-state index contributed by atoms with van der Waals surface area (Å²) in [7, 11) is 0. The van der Waals surface area contributed by atoms with Gasteiger partial charge in [-0.1, -0.05) is 70.5 Å². The van der Waals surface area contributed by atoms with Crippen molar-refractivity contribution >= 4 is 94.4 Å². The molecule has 0 aromatic heterocycles. The van der Waals surface area contributed by atoms with Gasteiger partial charge < -0.3 is 89.8 Å². The summed E-state index contributed by atoms with van der Waals surface area (Å²) in [5.74, 6) is -7.44. The molecule has 31 heteroatoms. The Morgan fingerprint density at radius 1 is 0.627 bits per heavy atom. The standard InChI is InChI=1S/C79H126N14O15S2/c1-9-19-56-69(101)91-79(8)34-15-13-11-10-12-14-33-78(7,75(107)83-46(2)67(99)85-57(68(100)84-56)39-48-24-28-53(95)29-25-48)92-70(102)58(41-52-42-82-66-55(52)22-17-35-81-66)86-72(104)63(47(3)94)90-71(103)61-23-18-36-93(61)74(106)59(40-49-26-30-54(96)31-27-49)87-73(105)64(77(4,5)6)89-62(97)32-37-109-43-50-20-16-21-51(38-50)44-110-45-60(65(80)98)88-76(79)108/h10-11,16,20-21,38,46-49,52-61,63-64,66,81-82,94-96H,9,12-15,17-19,22-37,39-45H2,1-8H3,(H2,80,98)(H,83,107)(H,84,100)(H,85,99)(H,86,104)(H,87,105)(H,88,108)(H,89,97)(H,90,103)(H,91,101)(H,92,102)/b11-10-/t46-,47+,48?,49?,52?,53?,54?,55?,56-,57-,58-,59-,60-,61-,63-,64+,66?,78-,79-/m0/s1. The van der Waals surface area contributed by atoms with Crippen molar-refractivity contribution in [3.05, 3.63) is 47.5 Å². The first-order chi connectivity index (χ1) is 52.2. The summed E-state index contributed by atoms with van der Waals surface area (Å²) in [5, 5.41) is 68.3. The lowest BCUT2D eigenvalue weighted by Crippen LogP contribution is -2.65. The number of nitrogens with zero attached hydrogens (tertiary/aromatic N) is 1. The molecule has 29 nitrogen and oxygen atoms in total. The van der Waals surface area contributed by atoms with Crippen LogP contribution in [0.25, 0.3) is 0 Å². The van der Waals surface area contributed by atoms with E-state index >= 15 is 19.2 Å². The summed E-state index contributed by atoms with van der Waals surface area (Å²) in [6, 6.07) is -3.72. The third-order valence-corrected chi connectivity index (χ3v) is 25.3. The molecule has 8 rings (SSSR count). The zero-order chi connectivity index (χ0) is 80.0. The molecule has 5 aliphatic heterocycles. The smallest absolute Gasteiger partial charge is 0.246 e. The third-order valence-electron chi connectivity index (χ3n) is 23.2. The molecule has 3 saturated heterocycles. The fourth-order valence-corrected chi connectivity index (χ4v) is 18.3. The van der Waals surface area contributed by atoms with E-state index in [0.717, 1.165) is 30.5 Å². The Morgan fingerprint density at radius 3 is 1.79 bits per heavy atom. The molecule has 2 aliphatic carbocycles. The van der Waals surface area contributed by atoms with E-state index in [2.05, 4.69) is 63.8 Å². The lowest BCUT2D eigenvalue weighted by atomic mass is 9.82. The molecular formula is C79H126N14O15S2. The van der Waals surface area contributed by atoms with Gasteiger partial charge in [-0.25, -0.2) is 0 Å². The maximum absolute atomic E-state index is 15.5. The molecule has 4 bridgehead atoms. The number of aliphatic hydroxyl groups excluding tert-OH is 3. The van der Waals surface area contributed by atoms with Gasteiger partial charge in [0.05, 0.1) is 24.5 Å². The van der Waals surface area contributed by atoms with E-state index in [9.17, 15) is 53.7 Å². The number of primary amides is 1. The van der Waals surface area contributed by atoms with E-state index in [-0.39, 0.29) is 99.9 Å². The molecule has 5 heterocycles. The monoisotopic (exact) mass is 1570 g/mol. The first kappa shape index (κ1) is 88.7. The number of allylic oxidation sites excluding steroid dienone is 2. The van der Waals surface area contributed by atoms with Crippen LogP contribution in [0.15, 0.2) is 36.4 Å². The van der Waals surface area contributed by atoms with Gasteiger partial charge in [-0.3, -0.25) is 57.5 Å². The highest BCUT2D eigenvalue weighted by Crippen LogP contribution is 2.35. The minimum absolute atomic E-state index is 0.0128. The number of fused-ring (bicyclic) bond motifs is 12. The Bertz CT molecular complexity index is 3380. The molecule has 15 atom stereocenters. The average Bonchev–Trinajstić information content (AvgIpc) is 1.50. The van der Waals surface area contributed by atoms with Gasteiger partial charge in [0, 0.05) is 36.0 Å². The molecule has 1 aromatic carbocycles. The predicted octanol–water partition coefficient (Wildman–Crippen LogP) is 2.64. The van der Waals surface area contributed by atoms with Crippen molar-refractivity contribution in [3.63, 3.8) is 0 Å². The Morgan fingerprint density at radius 2 is 1.19 bits per heavy atom. The molecule has 7 aliphatic rings. The van der Waals surface area contributed by atoms with Gasteiger partial charge in [-0.05, 0) is 222 Å². The molecule has 2 saturated carbocycles. The van der Waals surface area contributed by atoms with Crippen LogP contribution in [0.4, 0.5) is 0 Å². The maximum atomic E-state index is 15.5. The fourth-order valence-electron chi connectivity index (χ4n) is 16.4. The number of hydrogen-bond donors (Lipinski definition) is 16. The largest absolute Gasteiger partial charge is 0.393 e. The Balaban J connectivity index is 1.14. The number of aliphatic hydroxyl groups is 3. The Kier molecular flexibility index (Phi) is 33.7. The van der Waals surface area contributed by atoms with Crippen LogP contribution in [-0.4, -0.2) is 212 Å². The van der Waals surface area contributed by atoms with Gasteiger partial charge in [0.1, 0.15) is 65.5 Å². The van der Waals surface area contributed by atoms with Crippen LogP contribution < -0.4 is 69.5 Å². The van der Waals surface area contributed by atoms with E-state index in [1.807, 2.05) is 43.3 Å². The number of thioether (sulfide) groups is 2. The minimum Gasteiger partial charge on any atom is -0.393 e. The van der Waals surface area contributed by atoms with Crippen LogP contribution in [0.1, 0.15) is 221 Å². The van der Waals surface area contributed by atoms with Crippen molar-refractivity contribution in [2.24, 2.45) is 34.8 Å². The van der Waals surface area contributed by atoms with Crippen molar-refractivity contribution in [2.45, 2.75) is 311 Å². The average molecular weight is 1580 g/mol. The number of carbonyl (C=O) groups excluding carboxylic acids is 12. The van der Waals surface area contributed by atoms with Gasteiger partial charge >= 0.3 is 0 Å². The van der Waals surface area contributed by atoms with Crippen molar-refractivity contribution < 1.29 is 72.9 Å². The molecule has 3 unspecified atom stereocenters. The highest BCUT2D eigenvalue weighted by molar-refractivity contribution is 7.98. The Hall–Kier alpha value is -6.90. The molecule has 1 aromatic rings. The van der Waals surface area contributed by atoms with E-state index in [0.29, 0.717) is 107 Å². The number of hydrogen-bond acceptors (Lipinski definition) is 19. The summed E-state index contributed by atoms with van der Waals surface area (Å²) in [5.41, 5.74) is 3.56. The van der Waals surface area contributed by atoms with Crippen molar-refractivity contribution in [2.75, 3.05) is 31.1 Å². The first-order valence-corrected chi connectivity index (χ1v) is 42.6. The van der Waals surface area contributed by atoms with Crippen LogP contribution in [0.3, 0.4) is 0 Å². The highest BCUT2D eigenvalue weighted by Gasteiger charge is 2.47. The molecule has 614 valence electrons. The van der Waals surface area contributed by atoms with E-state index in [1.54, 1.807) is 27.7 Å². The predicted molar refractivity (Wildman–Crippen MR) is 420 cm³/mol. The van der Waals surface area contributed by atoms with E-state index < -0.39 is 160 Å². The third kappa shape index (κ3) is 25.8. The number of benzene rings is 1. The topological polar surface area (TPSA) is 439 Å². The number of rotatable bonds is 10. The van der Waals surface area contributed by atoms with Crippen LogP contribution in [-0.2, 0) is 69.0 Å². The molecule has 5 fully saturated rings. The Labute approximate surface area is 657 Å². The number of nitrogens with two attached hydrogens (primary N) is 1. The zero-order valence-electron chi connectivity index (χ0n) is 65.8. The van der Waals surface area contributed by atoms with Crippen LogP contribution >= 0.6 is 23.5 Å². The summed E-state index contributed by atoms with van der Waals surface area (Å²) >= 11 is 2.88. The summed E-state index contributed by atoms with van der Waals surface area (Å²) in [6.45, 7) is 14.4. The molecule has 17 N–H and O–H groups in total. The second-order valence-corrected chi connectivity index (χ2v) is 35.6. The number of nitrogens with one attached hydrogen (secondary N) is 12. The number of amides is 12. The van der Waals surface area contributed by atoms with Gasteiger partial charge in [-0.15, -0.1) is 0 Å². The number of piperidine rings is 1. The lowest BCUT2D eigenvalue weighted by Gasteiger charge is -2.36. The van der Waals surface area contributed by atoms with Gasteiger partial charge in [0.15, 0.2) is 0 Å². The minimum atomic E-state index is -1.80. The van der Waals surface area contributed by atoms with Crippen LogP contribution in [0.5, 0.6) is 0 Å². The molecule has 0 spiro atoms. The van der Waals surface area contributed by atoms with E-state index in [4.69, 9.17) is 5.73 Å². The maximum Gasteiger partial charge on any atom is 0.246 e. The summed E-state index contributed by atoms with van der Waals surface area (Å²) in [4.78, 5) is 178. The van der Waals surface area contributed by atoms with Crippen molar-refractivity contribution in [3.8, 4) is 0 Å². The van der Waals surface area contributed by atoms with Crippen molar-refractivity contribution in [1.29, 1.82) is 0 Å². The fraction of sp³-hybridized carbons (Fsp3) is 0.747. The summed E-state index contributed by atoms with van der Waals surface area (Å²) in [6.07, 6.45) is 9.80. The van der Waals surface area contributed by atoms with Gasteiger partial charge in [0.25, 0.3) is 0 Å². The SMILES string of the molecule is CCC[C@@H]1NC(=O)[C@H](CC2CCC(O)CC2)NC(=O)[C@H](C)NC(=O)[C@]2(C)CCC/C=C\CCC[C@](C)(NC1=O)C(=O)N[C@H](C(N)=O)CSCc1cccc(c1)CSCCC(=O)N[C@@H](C(C)(C)C)C(=O)N[C@@H](CC1CCC(O)CC1)C(=O)N1CCC[C@H]1C(=O)N[C@@H]([C@@H](C)O)C(=O)N[C@@H](CC1CNC3NCCCC13)C(=O)N2. The quantitative estimate of drug-likeness (QED) is 0.150. The summed E-state index contributed by atoms with van der Waals surface area (Å²) < 4.78 is 0. The number of carbonyl (C=O) groups is 12. The molecule has 0 radical (unpaired) electrons. The van der Waals surface area contributed by atoms with Gasteiger partial charge in [0.2, 0.25) is 70.9 Å². The lowest BCUT2D eigenvalue weighted by molar-refractivity contribution is -0.144. The second-order valence-electron chi connectivity index (χ2n) is 33.4. The van der Waals surface area contributed by atoms with Crippen LogP contribution in [0, 0.1) is 29.1 Å². The molecular weight excluding hydrogens is 1450 g/mol. The zero-order valence-corrected chi connectivity index (χ0v) is 67.4. The first-order valence-electron chi connectivity index (χ1n) is 40.3. The van der Waals surface area contributed by atoms with Crippen molar-refractivity contribution in [1.82, 2.24) is 68.7 Å².